The molecule has 20 heavy (non-hydrogen) atoms. The smallest absolute Gasteiger partial charge is 0.370 e. The van der Waals surface area contributed by atoms with Crippen molar-refractivity contribution in [3.63, 3.8) is 0 Å². The van der Waals surface area contributed by atoms with Gasteiger partial charge in [0.25, 0.3) is 0 Å². The molecule has 6 nitrogen and oxygen atoms in total. The van der Waals surface area contributed by atoms with Gasteiger partial charge >= 0.3 is 6.18 Å². The molecular formula is C11H21F3N4O2. The van der Waals surface area contributed by atoms with Crippen LogP contribution < -0.4 is 21.7 Å². The highest BCUT2D eigenvalue weighted by molar-refractivity contribution is 5.79. The van der Waals surface area contributed by atoms with Gasteiger partial charge in [-0.25, -0.2) is 0 Å². The summed E-state index contributed by atoms with van der Waals surface area (Å²) in [6.45, 7) is 1.77. The van der Waals surface area contributed by atoms with Crippen molar-refractivity contribution in [2.75, 3.05) is 7.05 Å². The van der Waals surface area contributed by atoms with Gasteiger partial charge in [0, 0.05) is 12.0 Å². The number of carbonyl (C=O) groups is 1. The number of aliphatic hydroxyl groups excluding tert-OH is 1. The fourth-order valence-corrected chi connectivity index (χ4v) is 2.50. The van der Waals surface area contributed by atoms with Crippen molar-refractivity contribution in [3.8, 4) is 0 Å². The zero-order valence-electron chi connectivity index (χ0n) is 11.4. The number of amides is 1. The van der Waals surface area contributed by atoms with Gasteiger partial charge in [-0.3, -0.25) is 10.1 Å². The molecule has 0 aliphatic carbocycles. The fourth-order valence-electron chi connectivity index (χ4n) is 2.50. The SMILES string of the molecule is CNC(NC(O)C(F)(F)F)C1CCC(C(N)=O)N[C@@H]1C. The van der Waals surface area contributed by atoms with Gasteiger partial charge in [0.2, 0.25) is 12.1 Å². The number of halogens is 3. The van der Waals surface area contributed by atoms with Crippen molar-refractivity contribution in [3.05, 3.63) is 0 Å². The van der Waals surface area contributed by atoms with Crippen LogP contribution in [-0.2, 0) is 4.79 Å². The molecule has 6 N–H and O–H groups in total. The van der Waals surface area contributed by atoms with Crippen LogP contribution in [0.5, 0.6) is 0 Å². The number of rotatable bonds is 5. The van der Waals surface area contributed by atoms with Gasteiger partial charge in [0.15, 0.2) is 0 Å². The number of alkyl halides is 3. The minimum absolute atomic E-state index is 0.215. The Hall–Kier alpha value is -0.900. The first-order valence-corrected chi connectivity index (χ1v) is 6.40. The second-order valence-electron chi connectivity index (χ2n) is 5.03. The zero-order chi connectivity index (χ0) is 15.5. The van der Waals surface area contributed by atoms with E-state index in [9.17, 15) is 18.0 Å². The van der Waals surface area contributed by atoms with E-state index >= 15 is 0 Å². The molecular weight excluding hydrogens is 277 g/mol. The highest BCUT2D eigenvalue weighted by atomic mass is 19.4. The van der Waals surface area contributed by atoms with Gasteiger partial charge in [-0.1, -0.05) is 0 Å². The number of nitrogens with one attached hydrogen (secondary N) is 3. The highest BCUT2D eigenvalue weighted by Gasteiger charge is 2.42. The fraction of sp³-hybridized carbons (Fsp3) is 0.909. The van der Waals surface area contributed by atoms with E-state index in [1.165, 1.54) is 7.05 Å². The Kier molecular flexibility index (Phi) is 5.75. The highest BCUT2D eigenvalue weighted by Crippen LogP contribution is 2.24. The third-order valence-electron chi connectivity index (χ3n) is 3.63. The van der Waals surface area contributed by atoms with Crippen LogP contribution in [0.2, 0.25) is 0 Å². The van der Waals surface area contributed by atoms with Gasteiger partial charge in [0.05, 0.1) is 12.2 Å². The lowest BCUT2D eigenvalue weighted by atomic mass is 9.85. The van der Waals surface area contributed by atoms with E-state index in [1.807, 2.05) is 0 Å². The first-order chi connectivity index (χ1) is 9.16. The van der Waals surface area contributed by atoms with Crippen molar-refractivity contribution in [1.82, 2.24) is 16.0 Å². The Labute approximate surface area is 115 Å². The van der Waals surface area contributed by atoms with E-state index in [4.69, 9.17) is 10.8 Å². The maximum absolute atomic E-state index is 12.4. The van der Waals surface area contributed by atoms with E-state index in [0.717, 1.165) is 0 Å². The molecule has 1 heterocycles. The summed E-state index contributed by atoms with van der Waals surface area (Å²) in [5.74, 6) is -0.688. The Bertz CT molecular complexity index is 340. The molecule has 5 atom stereocenters. The van der Waals surface area contributed by atoms with Crippen molar-refractivity contribution in [1.29, 1.82) is 0 Å². The average molecular weight is 298 g/mol. The van der Waals surface area contributed by atoms with Crippen LogP contribution in [0.4, 0.5) is 13.2 Å². The molecule has 1 amide bonds. The van der Waals surface area contributed by atoms with E-state index in [-0.39, 0.29) is 12.0 Å². The topological polar surface area (TPSA) is 99.4 Å². The molecule has 1 saturated heterocycles. The number of nitrogens with two attached hydrogens (primary N) is 1. The van der Waals surface area contributed by atoms with Crippen LogP contribution in [0.3, 0.4) is 0 Å². The van der Waals surface area contributed by atoms with Crippen molar-refractivity contribution < 1.29 is 23.1 Å². The first-order valence-electron chi connectivity index (χ1n) is 6.40. The van der Waals surface area contributed by atoms with Crippen LogP contribution in [0.1, 0.15) is 19.8 Å². The summed E-state index contributed by atoms with van der Waals surface area (Å²) >= 11 is 0. The molecule has 9 heteroatoms. The summed E-state index contributed by atoms with van der Waals surface area (Å²) in [5.41, 5.74) is 5.20. The number of piperidine rings is 1. The lowest BCUT2D eigenvalue weighted by Crippen LogP contribution is -2.62. The van der Waals surface area contributed by atoms with Crippen molar-refractivity contribution in [2.45, 2.75) is 50.4 Å². The Morgan fingerprint density at radius 2 is 2.05 bits per heavy atom. The van der Waals surface area contributed by atoms with Crippen LogP contribution in [0, 0.1) is 5.92 Å². The lowest BCUT2D eigenvalue weighted by Gasteiger charge is -2.39. The van der Waals surface area contributed by atoms with Crippen molar-refractivity contribution in [2.24, 2.45) is 11.7 Å². The Morgan fingerprint density at radius 1 is 1.45 bits per heavy atom. The van der Waals surface area contributed by atoms with Gasteiger partial charge in [-0.2, -0.15) is 13.2 Å². The standard InChI is InChI=1S/C11H21F3N4O2/c1-5-6(3-4-7(17-5)8(15)19)9(16-2)18-10(20)11(12,13)14/h5-7,9-10,16-18,20H,3-4H2,1-2H3,(H2,15,19)/t5-,6?,7?,9?,10?/m1/s1. The third-order valence-corrected chi connectivity index (χ3v) is 3.63. The van der Waals surface area contributed by atoms with Crippen molar-refractivity contribution >= 4 is 5.91 Å². The molecule has 1 aliphatic heterocycles. The second-order valence-corrected chi connectivity index (χ2v) is 5.03. The Morgan fingerprint density at radius 3 is 2.45 bits per heavy atom. The van der Waals surface area contributed by atoms with Crippen LogP contribution in [0.25, 0.3) is 0 Å². The van der Waals surface area contributed by atoms with Crippen LogP contribution in [0.15, 0.2) is 0 Å². The quantitative estimate of drug-likeness (QED) is 0.430. The van der Waals surface area contributed by atoms with Crippen LogP contribution in [-0.4, -0.2) is 48.7 Å². The van der Waals surface area contributed by atoms with E-state index < -0.39 is 30.5 Å². The lowest BCUT2D eigenvalue weighted by molar-refractivity contribution is -0.218. The minimum Gasteiger partial charge on any atom is -0.370 e. The first kappa shape index (κ1) is 17.2. The molecule has 0 aromatic heterocycles. The molecule has 0 aromatic rings. The number of hydrogen-bond donors (Lipinski definition) is 5. The van der Waals surface area contributed by atoms with Gasteiger partial charge in [0.1, 0.15) is 0 Å². The monoisotopic (exact) mass is 298 g/mol. The molecule has 118 valence electrons. The maximum atomic E-state index is 12.4. The normalized spacial score (nSPS) is 30.8. The summed E-state index contributed by atoms with van der Waals surface area (Å²) in [4.78, 5) is 11.1. The van der Waals surface area contributed by atoms with Gasteiger partial charge < -0.3 is 21.5 Å². The summed E-state index contributed by atoms with van der Waals surface area (Å²) in [7, 11) is 1.51. The third kappa shape index (κ3) is 4.30. The molecule has 0 aromatic carbocycles. The maximum Gasteiger partial charge on any atom is 0.428 e. The average Bonchev–Trinajstić information content (AvgIpc) is 2.34. The number of hydrogen-bond acceptors (Lipinski definition) is 5. The van der Waals surface area contributed by atoms with Gasteiger partial charge in [-0.15, -0.1) is 0 Å². The molecule has 1 aliphatic rings. The molecule has 0 radical (unpaired) electrons. The predicted octanol–water partition coefficient (Wildman–Crippen LogP) is -0.756. The largest absolute Gasteiger partial charge is 0.428 e. The molecule has 1 rings (SSSR count). The molecule has 4 unspecified atom stereocenters. The molecule has 0 saturated carbocycles. The van der Waals surface area contributed by atoms with E-state index in [2.05, 4.69) is 16.0 Å². The van der Waals surface area contributed by atoms with Crippen LogP contribution >= 0.6 is 0 Å². The van der Waals surface area contributed by atoms with E-state index in [1.54, 1.807) is 6.92 Å². The van der Waals surface area contributed by atoms with Gasteiger partial charge in [-0.05, 0) is 26.8 Å². The molecule has 0 spiro atoms. The second kappa shape index (κ2) is 6.70. The predicted molar refractivity (Wildman–Crippen MR) is 66.3 cm³/mol. The minimum atomic E-state index is -4.73. The van der Waals surface area contributed by atoms with E-state index in [0.29, 0.717) is 12.8 Å². The summed E-state index contributed by atoms with van der Waals surface area (Å²) in [5, 5.41) is 16.9. The number of carbonyl (C=O) groups excluding carboxylic acids is 1. The summed E-state index contributed by atoms with van der Waals surface area (Å²) in [6.07, 6.45) is -7.09. The summed E-state index contributed by atoms with van der Waals surface area (Å²) in [6, 6.07) is -0.682. The number of aliphatic hydroxyl groups is 1. The summed E-state index contributed by atoms with van der Waals surface area (Å²) < 4.78 is 37.1. The molecule has 1 fully saturated rings. The molecule has 0 bridgehead atoms. The zero-order valence-corrected chi connectivity index (χ0v) is 11.4. The Balaban J connectivity index is 2.65. The number of primary amides is 1.